The van der Waals surface area contributed by atoms with E-state index < -0.39 is 4.92 Å². The van der Waals surface area contributed by atoms with Gasteiger partial charge in [-0.3, -0.25) is 14.9 Å². The first kappa shape index (κ1) is 16.9. The van der Waals surface area contributed by atoms with Gasteiger partial charge in [-0.25, -0.2) is 4.98 Å². The molecule has 0 spiro atoms. The zero-order valence-electron chi connectivity index (χ0n) is 12.4. The second-order valence-electron chi connectivity index (χ2n) is 4.83. The van der Waals surface area contributed by atoms with Gasteiger partial charge < -0.3 is 10.6 Å². The number of hydrogen-bond donors (Lipinski definition) is 2. The van der Waals surface area contributed by atoms with Crippen LogP contribution in [-0.4, -0.2) is 28.9 Å². The van der Waals surface area contributed by atoms with Crippen molar-refractivity contribution in [3.05, 3.63) is 62.2 Å². The van der Waals surface area contributed by atoms with Crippen LogP contribution >= 0.6 is 15.9 Å². The Balaban J connectivity index is 1.87. The molecule has 7 nitrogen and oxygen atoms in total. The van der Waals surface area contributed by atoms with Gasteiger partial charge >= 0.3 is 5.69 Å². The zero-order chi connectivity index (χ0) is 16.8. The molecule has 2 aromatic rings. The molecule has 1 aromatic carbocycles. The minimum Gasteiger partial charge on any atom is -0.363 e. The van der Waals surface area contributed by atoms with Crippen molar-refractivity contribution in [2.24, 2.45) is 0 Å². The number of carbonyl (C=O) groups excluding carboxylic acids is 1. The highest BCUT2D eigenvalue weighted by atomic mass is 79.9. The van der Waals surface area contributed by atoms with Crippen molar-refractivity contribution in [1.82, 2.24) is 10.3 Å². The summed E-state index contributed by atoms with van der Waals surface area (Å²) in [5.41, 5.74) is 1.53. The number of nitrogens with one attached hydrogen (secondary N) is 2. The maximum Gasteiger partial charge on any atom is 0.312 e. The minimum absolute atomic E-state index is 0.121. The molecule has 0 atom stereocenters. The molecule has 0 radical (unpaired) electrons. The number of benzene rings is 1. The van der Waals surface area contributed by atoms with Gasteiger partial charge in [-0.05, 0) is 35.0 Å². The van der Waals surface area contributed by atoms with Crippen molar-refractivity contribution in [2.75, 3.05) is 18.4 Å². The number of nitrogens with zero attached hydrogens (tertiary/aromatic N) is 2. The number of halogens is 1. The Morgan fingerprint density at radius 1 is 1.30 bits per heavy atom. The van der Waals surface area contributed by atoms with E-state index in [1.54, 1.807) is 12.1 Å². The van der Waals surface area contributed by atoms with Crippen molar-refractivity contribution in [2.45, 2.75) is 6.92 Å². The molecule has 1 heterocycles. The van der Waals surface area contributed by atoms with Gasteiger partial charge in [-0.2, -0.15) is 0 Å². The Labute approximate surface area is 141 Å². The summed E-state index contributed by atoms with van der Waals surface area (Å²) in [6.07, 6.45) is 1.47. The van der Waals surface area contributed by atoms with E-state index in [0.29, 0.717) is 23.1 Å². The molecule has 1 aromatic heterocycles. The van der Waals surface area contributed by atoms with Crippen LogP contribution in [-0.2, 0) is 0 Å². The molecule has 1 amide bonds. The number of aryl methyl sites for hydroxylation is 1. The number of rotatable bonds is 6. The van der Waals surface area contributed by atoms with Gasteiger partial charge in [0.05, 0.1) is 4.92 Å². The Kier molecular flexibility index (Phi) is 5.64. The van der Waals surface area contributed by atoms with E-state index in [0.717, 1.165) is 5.56 Å². The van der Waals surface area contributed by atoms with Crippen LogP contribution in [0.3, 0.4) is 0 Å². The van der Waals surface area contributed by atoms with Crippen molar-refractivity contribution < 1.29 is 9.72 Å². The molecule has 0 saturated carbocycles. The summed E-state index contributed by atoms with van der Waals surface area (Å²) >= 11 is 3.14. The third-order valence-electron chi connectivity index (χ3n) is 3.05. The van der Waals surface area contributed by atoms with E-state index in [4.69, 9.17) is 0 Å². The highest BCUT2D eigenvalue weighted by molar-refractivity contribution is 9.10. The third-order valence-corrected chi connectivity index (χ3v) is 3.48. The zero-order valence-corrected chi connectivity index (χ0v) is 14.0. The van der Waals surface area contributed by atoms with E-state index in [9.17, 15) is 14.9 Å². The number of anilines is 1. The van der Waals surface area contributed by atoms with Crippen molar-refractivity contribution in [1.29, 1.82) is 0 Å². The monoisotopic (exact) mass is 378 g/mol. The van der Waals surface area contributed by atoms with Crippen molar-refractivity contribution >= 4 is 33.3 Å². The van der Waals surface area contributed by atoms with E-state index >= 15 is 0 Å². The first-order valence-electron chi connectivity index (χ1n) is 6.86. The van der Waals surface area contributed by atoms with Crippen LogP contribution in [0.5, 0.6) is 0 Å². The van der Waals surface area contributed by atoms with Gasteiger partial charge in [0.1, 0.15) is 0 Å². The number of pyridine rings is 1. The number of carbonyl (C=O) groups is 1. The van der Waals surface area contributed by atoms with Gasteiger partial charge in [0.15, 0.2) is 0 Å². The maximum atomic E-state index is 11.9. The van der Waals surface area contributed by atoms with E-state index in [2.05, 4.69) is 31.5 Å². The van der Waals surface area contributed by atoms with Crippen molar-refractivity contribution in [3.63, 3.8) is 0 Å². The normalized spacial score (nSPS) is 10.2. The second kappa shape index (κ2) is 7.68. The van der Waals surface area contributed by atoms with E-state index in [1.807, 2.05) is 19.1 Å². The Morgan fingerprint density at radius 2 is 2.00 bits per heavy atom. The van der Waals surface area contributed by atoms with Gasteiger partial charge in [-0.1, -0.05) is 17.7 Å². The summed E-state index contributed by atoms with van der Waals surface area (Å²) in [7, 11) is 0. The molecule has 0 aliphatic carbocycles. The third kappa shape index (κ3) is 4.75. The summed E-state index contributed by atoms with van der Waals surface area (Å²) < 4.78 is 0.530. The molecule has 8 heteroatoms. The lowest BCUT2D eigenvalue weighted by Crippen LogP contribution is -2.29. The van der Waals surface area contributed by atoms with E-state index in [1.165, 1.54) is 12.3 Å². The first-order chi connectivity index (χ1) is 11.0. The predicted molar refractivity (Wildman–Crippen MR) is 90.6 cm³/mol. The molecule has 2 N–H and O–H groups in total. The lowest BCUT2D eigenvalue weighted by atomic mass is 10.1. The average Bonchev–Trinajstić information content (AvgIpc) is 2.53. The molecule has 120 valence electrons. The van der Waals surface area contributed by atoms with Crippen LogP contribution in [0, 0.1) is 17.0 Å². The van der Waals surface area contributed by atoms with Crippen LogP contribution in [0.2, 0.25) is 0 Å². The standard InChI is InChI=1S/C15H15BrN4O3/c1-10-2-4-11(5-3-10)15(21)18-7-6-17-14-13(20(22)23)8-12(16)9-19-14/h2-5,8-9H,6-7H2,1H3,(H,17,19)(H,18,21). The lowest BCUT2D eigenvalue weighted by molar-refractivity contribution is -0.384. The van der Waals surface area contributed by atoms with Crippen LogP contribution < -0.4 is 10.6 Å². The smallest absolute Gasteiger partial charge is 0.312 e. The Bertz CT molecular complexity index is 719. The fourth-order valence-corrected chi connectivity index (χ4v) is 2.19. The Hall–Kier alpha value is -2.48. The molecule has 0 bridgehead atoms. The fourth-order valence-electron chi connectivity index (χ4n) is 1.87. The molecular formula is C15H15BrN4O3. The van der Waals surface area contributed by atoms with Gasteiger partial charge in [0.25, 0.3) is 5.91 Å². The second-order valence-corrected chi connectivity index (χ2v) is 5.74. The summed E-state index contributed by atoms with van der Waals surface area (Å²) in [6, 6.07) is 8.60. The minimum atomic E-state index is -0.509. The van der Waals surface area contributed by atoms with Crippen LogP contribution in [0.15, 0.2) is 41.0 Å². The SMILES string of the molecule is Cc1ccc(C(=O)NCCNc2ncc(Br)cc2[N+](=O)[O-])cc1. The quantitative estimate of drug-likeness (QED) is 0.457. The largest absolute Gasteiger partial charge is 0.363 e. The van der Waals surface area contributed by atoms with E-state index in [-0.39, 0.29) is 17.4 Å². The molecule has 0 aliphatic rings. The molecule has 0 unspecified atom stereocenters. The number of hydrogen-bond acceptors (Lipinski definition) is 5. The highest BCUT2D eigenvalue weighted by Gasteiger charge is 2.15. The number of amides is 1. The molecule has 2 rings (SSSR count). The topological polar surface area (TPSA) is 97.2 Å². The lowest BCUT2D eigenvalue weighted by Gasteiger charge is -2.08. The van der Waals surface area contributed by atoms with Gasteiger partial charge in [-0.15, -0.1) is 0 Å². The van der Waals surface area contributed by atoms with Crippen LogP contribution in [0.25, 0.3) is 0 Å². The molecular weight excluding hydrogens is 364 g/mol. The van der Waals surface area contributed by atoms with Crippen molar-refractivity contribution in [3.8, 4) is 0 Å². The molecule has 0 saturated heterocycles. The molecule has 0 aliphatic heterocycles. The summed E-state index contributed by atoms with van der Waals surface area (Å²) in [5, 5.41) is 16.6. The summed E-state index contributed by atoms with van der Waals surface area (Å²) in [5.74, 6) is -0.0205. The number of aromatic nitrogens is 1. The summed E-state index contributed by atoms with van der Waals surface area (Å²) in [6.45, 7) is 2.60. The maximum absolute atomic E-state index is 11.9. The summed E-state index contributed by atoms with van der Waals surface area (Å²) in [4.78, 5) is 26.3. The van der Waals surface area contributed by atoms with Gasteiger partial charge in [0, 0.05) is 35.4 Å². The highest BCUT2D eigenvalue weighted by Crippen LogP contribution is 2.24. The number of nitro groups is 1. The average molecular weight is 379 g/mol. The Morgan fingerprint density at radius 3 is 2.65 bits per heavy atom. The predicted octanol–water partition coefficient (Wildman–Crippen LogP) is 2.90. The van der Waals surface area contributed by atoms with Crippen LogP contribution in [0.1, 0.15) is 15.9 Å². The van der Waals surface area contributed by atoms with Crippen LogP contribution in [0.4, 0.5) is 11.5 Å². The van der Waals surface area contributed by atoms with Gasteiger partial charge in [0.2, 0.25) is 5.82 Å². The first-order valence-corrected chi connectivity index (χ1v) is 7.65. The molecule has 0 fully saturated rings. The fraction of sp³-hybridized carbons (Fsp3) is 0.200. The molecule has 23 heavy (non-hydrogen) atoms.